The molecule has 1 aliphatic heterocycles. The molecule has 4 aromatic rings. The number of hydrogen-bond acceptors (Lipinski definition) is 4. The molecule has 5 rings (SSSR count). The average molecular weight is 570 g/mol. The third kappa shape index (κ3) is 6.65. The minimum Gasteiger partial charge on any atom is -0.456 e. The predicted molar refractivity (Wildman–Crippen MR) is 169 cm³/mol. The lowest BCUT2D eigenvalue weighted by Gasteiger charge is -2.39. The Balaban J connectivity index is 1.43. The third-order valence-corrected chi connectivity index (χ3v) is 13.5. The van der Waals surface area contributed by atoms with E-state index in [1.54, 1.807) is 0 Å². The second-order valence-corrected chi connectivity index (χ2v) is 17.7. The van der Waals surface area contributed by atoms with Crippen LogP contribution in [0, 0.1) is 0 Å². The van der Waals surface area contributed by atoms with Crippen molar-refractivity contribution in [2.75, 3.05) is 13.1 Å². The number of nitrogens with zero attached hydrogens (tertiary/aromatic N) is 1. The maximum atomic E-state index is 13.1. The van der Waals surface area contributed by atoms with Crippen LogP contribution in [0.5, 0.6) is 0 Å². The van der Waals surface area contributed by atoms with Gasteiger partial charge in [-0.1, -0.05) is 57.2 Å². The predicted octanol–water partition coefficient (Wildman–Crippen LogP) is 8.87. The van der Waals surface area contributed by atoms with Gasteiger partial charge in [-0.05, 0) is 78.9 Å². The molecule has 6 heteroatoms. The Kier molecular flexibility index (Phi) is 8.53. The molecule has 2 heterocycles. The van der Waals surface area contributed by atoms with Crippen molar-refractivity contribution in [1.29, 1.82) is 0 Å². The molecule has 1 aliphatic rings. The number of benzene rings is 3. The molecule has 0 aliphatic carbocycles. The number of rotatable bonds is 9. The fraction of sp³-hybridized carbons (Fsp3) is 0.429. The average Bonchev–Trinajstić information content (AvgIpc) is 3.33. The van der Waals surface area contributed by atoms with Gasteiger partial charge in [0.05, 0.1) is 6.10 Å². The SMILES string of the molecule is CC(C)(C)[Si](C)(C)OC(Cc1ccccc1)c1ccc2oc3ccc(C(=O)CCC(=O)N4CCCCC4)cc3c2c1. The summed E-state index contributed by atoms with van der Waals surface area (Å²) in [5.41, 5.74) is 4.51. The van der Waals surface area contributed by atoms with Gasteiger partial charge in [-0.15, -0.1) is 0 Å². The molecule has 41 heavy (non-hydrogen) atoms. The largest absolute Gasteiger partial charge is 0.456 e. The van der Waals surface area contributed by atoms with E-state index < -0.39 is 8.32 Å². The Labute approximate surface area is 245 Å². The minimum absolute atomic E-state index is 0.00835. The Hall–Kier alpha value is -3.22. The fourth-order valence-corrected chi connectivity index (χ4v) is 6.71. The summed E-state index contributed by atoms with van der Waals surface area (Å²) >= 11 is 0. The molecule has 0 bridgehead atoms. The quantitative estimate of drug-likeness (QED) is 0.149. The van der Waals surface area contributed by atoms with E-state index >= 15 is 0 Å². The van der Waals surface area contributed by atoms with Gasteiger partial charge in [0.25, 0.3) is 0 Å². The molecule has 0 radical (unpaired) electrons. The first-order valence-electron chi connectivity index (χ1n) is 15.0. The van der Waals surface area contributed by atoms with Crippen LogP contribution in [0.1, 0.15) is 80.5 Å². The Morgan fingerprint density at radius 2 is 1.54 bits per heavy atom. The maximum Gasteiger partial charge on any atom is 0.223 e. The summed E-state index contributed by atoms with van der Waals surface area (Å²) in [7, 11) is -2.06. The molecule has 1 saturated heterocycles. The Morgan fingerprint density at radius 3 is 2.22 bits per heavy atom. The first kappa shape index (κ1) is 29.3. The first-order valence-corrected chi connectivity index (χ1v) is 17.9. The van der Waals surface area contributed by atoms with Gasteiger partial charge in [-0.2, -0.15) is 0 Å². The topological polar surface area (TPSA) is 59.8 Å². The highest BCUT2D eigenvalue weighted by atomic mass is 28.4. The minimum atomic E-state index is -2.06. The number of Topliss-reactive ketones (excluding diaryl/α,β-unsaturated/α-hetero) is 1. The molecule has 1 unspecified atom stereocenters. The van der Waals surface area contributed by atoms with E-state index in [0.717, 1.165) is 59.9 Å². The van der Waals surface area contributed by atoms with Crippen molar-refractivity contribution >= 4 is 41.9 Å². The number of piperidine rings is 1. The Morgan fingerprint density at radius 1 is 0.878 bits per heavy atom. The van der Waals surface area contributed by atoms with Crippen molar-refractivity contribution in [1.82, 2.24) is 4.90 Å². The number of amides is 1. The lowest BCUT2D eigenvalue weighted by atomic mass is 9.98. The molecule has 1 atom stereocenters. The standard InChI is InChI=1S/C35H43NO4Si/c1-35(2,3)41(4,5)40-33(22-25-12-8-6-9-13-25)27-15-18-32-29(24-27)28-23-26(14-17-31(28)39-32)30(37)16-19-34(38)36-20-10-7-11-21-36/h6,8-9,12-15,17-18,23-24,33H,7,10-11,16,19-22H2,1-5H3. The maximum absolute atomic E-state index is 13.1. The van der Waals surface area contributed by atoms with Gasteiger partial charge < -0.3 is 13.7 Å². The van der Waals surface area contributed by atoms with Crippen LogP contribution >= 0.6 is 0 Å². The molecule has 1 fully saturated rings. The third-order valence-electron chi connectivity index (χ3n) is 8.97. The molecule has 0 N–H and O–H groups in total. The zero-order valence-electron chi connectivity index (χ0n) is 25.2. The smallest absolute Gasteiger partial charge is 0.223 e. The number of carbonyl (C=O) groups excluding carboxylic acids is 2. The highest BCUT2D eigenvalue weighted by Gasteiger charge is 2.39. The van der Waals surface area contributed by atoms with Crippen molar-refractivity contribution in [2.24, 2.45) is 0 Å². The number of carbonyl (C=O) groups is 2. The number of likely N-dealkylation sites (tertiary alicyclic amines) is 1. The number of fused-ring (bicyclic) bond motifs is 3. The summed E-state index contributed by atoms with van der Waals surface area (Å²) < 4.78 is 13.2. The van der Waals surface area contributed by atoms with Gasteiger partial charge in [-0.25, -0.2) is 0 Å². The van der Waals surface area contributed by atoms with Crippen LogP contribution in [0.4, 0.5) is 0 Å². The van der Waals surface area contributed by atoms with E-state index in [1.165, 1.54) is 12.0 Å². The van der Waals surface area contributed by atoms with E-state index in [1.807, 2.05) is 35.2 Å². The second-order valence-electron chi connectivity index (χ2n) is 13.0. The zero-order valence-corrected chi connectivity index (χ0v) is 26.2. The molecule has 216 valence electrons. The molecule has 0 saturated carbocycles. The Bertz CT molecular complexity index is 1530. The normalized spacial score (nSPS) is 15.4. The van der Waals surface area contributed by atoms with Crippen LogP contribution in [0.3, 0.4) is 0 Å². The fourth-order valence-electron chi connectivity index (χ4n) is 5.42. The summed E-state index contributed by atoms with van der Waals surface area (Å²) in [6, 6.07) is 22.4. The van der Waals surface area contributed by atoms with Gasteiger partial charge >= 0.3 is 0 Å². The van der Waals surface area contributed by atoms with E-state index in [2.05, 4.69) is 70.3 Å². The monoisotopic (exact) mass is 569 g/mol. The van der Waals surface area contributed by atoms with Crippen LogP contribution in [0.25, 0.3) is 21.9 Å². The first-order chi connectivity index (χ1) is 19.5. The zero-order chi connectivity index (χ0) is 29.2. The van der Waals surface area contributed by atoms with Crippen LogP contribution in [0.2, 0.25) is 18.1 Å². The van der Waals surface area contributed by atoms with Gasteiger partial charge in [0.2, 0.25) is 5.91 Å². The number of furan rings is 1. The van der Waals surface area contributed by atoms with Gasteiger partial charge in [0.1, 0.15) is 11.2 Å². The summed E-state index contributed by atoms with van der Waals surface area (Å²) in [5.74, 6) is 0.0784. The lowest BCUT2D eigenvalue weighted by Crippen LogP contribution is -2.42. The van der Waals surface area contributed by atoms with Crippen molar-refractivity contribution < 1.29 is 18.4 Å². The van der Waals surface area contributed by atoms with Gasteiger partial charge in [0.15, 0.2) is 14.1 Å². The van der Waals surface area contributed by atoms with Gasteiger partial charge in [-0.3, -0.25) is 9.59 Å². The van der Waals surface area contributed by atoms with E-state index in [9.17, 15) is 9.59 Å². The van der Waals surface area contributed by atoms with Gasteiger partial charge in [0, 0.05) is 48.7 Å². The van der Waals surface area contributed by atoms with Crippen LogP contribution in [-0.4, -0.2) is 38.0 Å². The molecule has 5 nitrogen and oxygen atoms in total. The highest BCUT2D eigenvalue weighted by molar-refractivity contribution is 6.74. The molecule has 1 amide bonds. The van der Waals surface area contributed by atoms with Crippen molar-refractivity contribution in [3.63, 3.8) is 0 Å². The summed E-state index contributed by atoms with van der Waals surface area (Å²) in [6.45, 7) is 13.0. The summed E-state index contributed by atoms with van der Waals surface area (Å²) in [5, 5.41) is 1.98. The van der Waals surface area contributed by atoms with Crippen molar-refractivity contribution in [3.05, 3.63) is 83.4 Å². The molecule has 1 aromatic heterocycles. The van der Waals surface area contributed by atoms with Crippen LogP contribution in [0.15, 0.2) is 71.1 Å². The van der Waals surface area contributed by atoms with E-state index in [4.69, 9.17) is 8.84 Å². The molecule has 3 aromatic carbocycles. The van der Waals surface area contributed by atoms with E-state index in [0.29, 0.717) is 5.56 Å². The van der Waals surface area contributed by atoms with Crippen LogP contribution in [-0.2, 0) is 15.6 Å². The van der Waals surface area contributed by atoms with Crippen molar-refractivity contribution in [2.45, 2.75) is 83.5 Å². The summed E-state index contributed by atoms with van der Waals surface area (Å²) in [6.07, 6.45) is 4.46. The molecular weight excluding hydrogens is 526 g/mol. The van der Waals surface area contributed by atoms with Crippen molar-refractivity contribution in [3.8, 4) is 0 Å². The molecular formula is C35H43NO4Si. The van der Waals surface area contributed by atoms with Crippen LogP contribution < -0.4 is 0 Å². The summed E-state index contributed by atoms with van der Waals surface area (Å²) in [4.78, 5) is 27.7. The van der Waals surface area contributed by atoms with E-state index in [-0.39, 0.29) is 35.7 Å². The number of hydrogen-bond donors (Lipinski definition) is 0. The lowest BCUT2D eigenvalue weighted by molar-refractivity contribution is -0.132. The molecule has 0 spiro atoms. The highest BCUT2D eigenvalue weighted by Crippen LogP contribution is 2.41. The second kappa shape index (κ2) is 11.9. The number of ketones is 1.